The minimum atomic E-state index is -0.308. The molecule has 0 saturated heterocycles. The van der Waals surface area contributed by atoms with Crippen LogP contribution in [0.1, 0.15) is 5.56 Å². The molecular formula is C12H9BrFNO. The molecule has 0 N–H and O–H groups in total. The fraction of sp³-hybridized carbons (Fsp3) is 0.0833. The number of nitrogens with zero attached hydrogens (tertiary/aromatic N) is 1. The van der Waals surface area contributed by atoms with Crippen molar-refractivity contribution in [1.29, 1.82) is 0 Å². The Morgan fingerprint density at radius 1 is 1.31 bits per heavy atom. The van der Waals surface area contributed by atoms with E-state index in [-0.39, 0.29) is 5.82 Å². The molecule has 0 aliphatic carbocycles. The zero-order valence-corrected chi connectivity index (χ0v) is 10.2. The Morgan fingerprint density at radius 3 is 2.81 bits per heavy atom. The van der Waals surface area contributed by atoms with Crippen molar-refractivity contribution in [3.8, 4) is 11.6 Å². The van der Waals surface area contributed by atoms with Gasteiger partial charge in [0.05, 0.1) is 4.47 Å². The van der Waals surface area contributed by atoms with Gasteiger partial charge in [0.15, 0.2) is 0 Å². The highest BCUT2D eigenvalue weighted by Crippen LogP contribution is 2.30. The van der Waals surface area contributed by atoms with Crippen LogP contribution in [0.3, 0.4) is 0 Å². The summed E-state index contributed by atoms with van der Waals surface area (Å²) in [4.78, 5) is 4.10. The lowest BCUT2D eigenvalue weighted by molar-refractivity contribution is 0.454. The van der Waals surface area contributed by atoms with E-state index in [2.05, 4.69) is 20.9 Å². The molecule has 2 rings (SSSR count). The first-order valence-electron chi connectivity index (χ1n) is 4.71. The van der Waals surface area contributed by atoms with Gasteiger partial charge in [0.1, 0.15) is 11.6 Å². The van der Waals surface area contributed by atoms with Crippen molar-refractivity contribution in [2.24, 2.45) is 0 Å². The predicted octanol–water partition coefficient (Wildman–Crippen LogP) is 4.08. The minimum Gasteiger partial charge on any atom is -0.438 e. The van der Waals surface area contributed by atoms with Crippen LogP contribution < -0.4 is 4.74 Å². The van der Waals surface area contributed by atoms with Gasteiger partial charge in [0, 0.05) is 11.8 Å². The lowest BCUT2D eigenvalue weighted by Gasteiger charge is -2.08. The second-order valence-electron chi connectivity index (χ2n) is 3.30. The highest BCUT2D eigenvalue weighted by atomic mass is 79.9. The number of benzene rings is 1. The standard InChI is InChI=1S/C12H9BrFNO/c1-8-3-2-6-15-12(8)16-11-5-4-9(14)7-10(11)13/h2-7H,1H3. The summed E-state index contributed by atoms with van der Waals surface area (Å²) < 4.78 is 19.0. The largest absolute Gasteiger partial charge is 0.438 e. The van der Waals surface area contributed by atoms with E-state index < -0.39 is 0 Å². The first kappa shape index (κ1) is 11.1. The molecular weight excluding hydrogens is 273 g/mol. The molecule has 0 spiro atoms. The van der Waals surface area contributed by atoms with Gasteiger partial charge in [-0.05, 0) is 47.1 Å². The third kappa shape index (κ3) is 2.39. The Labute approximate surface area is 101 Å². The monoisotopic (exact) mass is 281 g/mol. The maximum atomic E-state index is 12.9. The van der Waals surface area contributed by atoms with Gasteiger partial charge in [-0.3, -0.25) is 0 Å². The molecule has 0 radical (unpaired) electrons. The van der Waals surface area contributed by atoms with Gasteiger partial charge >= 0.3 is 0 Å². The summed E-state index contributed by atoms with van der Waals surface area (Å²) in [5, 5.41) is 0. The molecule has 82 valence electrons. The number of halogens is 2. The summed E-state index contributed by atoms with van der Waals surface area (Å²) in [6.45, 7) is 1.90. The van der Waals surface area contributed by atoms with Gasteiger partial charge in [-0.2, -0.15) is 0 Å². The van der Waals surface area contributed by atoms with Crippen molar-refractivity contribution in [3.05, 3.63) is 52.4 Å². The van der Waals surface area contributed by atoms with Crippen LogP contribution in [-0.4, -0.2) is 4.98 Å². The van der Waals surface area contributed by atoms with Crippen molar-refractivity contribution in [1.82, 2.24) is 4.98 Å². The van der Waals surface area contributed by atoms with Gasteiger partial charge in [0.25, 0.3) is 0 Å². The van der Waals surface area contributed by atoms with E-state index in [1.165, 1.54) is 12.1 Å². The van der Waals surface area contributed by atoms with Crippen LogP contribution in [0.2, 0.25) is 0 Å². The molecule has 0 aliphatic heterocycles. The Morgan fingerprint density at radius 2 is 2.12 bits per heavy atom. The maximum absolute atomic E-state index is 12.9. The molecule has 2 aromatic rings. The summed E-state index contributed by atoms with van der Waals surface area (Å²) in [6, 6.07) is 8.00. The summed E-state index contributed by atoms with van der Waals surface area (Å²) in [5.74, 6) is 0.759. The molecule has 4 heteroatoms. The van der Waals surface area contributed by atoms with E-state index in [4.69, 9.17) is 4.74 Å². The lowest BCUT2D eigenvalue weighted by atomic mass is 10.3. The number of hydrogen-bond acceptors (Lipinski definition) is 2. The van der Waals surface area contributed by atoms with Crippen molar-refractivity contribution in [3.63, 3.8) is 0 Å². The molecule has 1 aromatic heterocycles. The fourth-order valence-electron chi connectivity index (χ4n) is 1.24. The fourth-order valence-corrected chi connectivity index (χ4v) is 1.67. The maximum Gasteiger partial charge on any atom is 0.222 e. The zero-order valence-electron chi connectivity index (χ0n) is 8.58. The molecule has 0 unspecified atom stereocenters. The molecule has 0 bridgehead atoms. The van der Waals surface area contributed by atoms with Crippen LogP contribution >= 0.6 is 15.9 Å². The number of ether oxygens (including phenoxy) is 1. The quantitative estimate of drug-likeness (QED) is 0.827. The van der Waals surface area contributed by atoms with E-state index in [0.29, 0.717) is 16.1 Å². The summed E-state index contributed by atoms with van der Waals surface area (Å²) in [7, 11) is 0. The van der Waals surface area contributed by atoms with E-state index in [1.54, 1.807) is 12.3 Å². The first-order valence-corrected chi connectivity index (χ1v) is 5.50. The highest BCUT2D eigenvalue weighted by Gasteiger charge is 2.06. The normalized spacial score (nSPS) is 10.2. The van der Waals surface area contributed by atoms with Gasteiger partial charge in [-0.1, -0.05) is 6.07 Å². The number of pyridine rings is 1. The smallest absolute Gasteiger partial charge is 0.222 e. The molecule has 1 heterocycles. The Balaban J connectivity index is 2.31. The average Bonchev–Trinajstić information content (AvgIpc) is 2.25. The SMILES string of the molecule is Cc1cccnc1Oc1ccc(F)cc1Br. The summed E-state index contributed by atoms with van der Waals surface area (Å²) in [6.07, 6.45) is 1.65. The van der Waals surface area contributed by atoms with Gasteiger partial charge in [-0.15, -0.1) is 0 Å². The molecule has 0 amide bonds. The molecule has 16 heavy (non-hydrogen) atoms. The predicted molar refractivity (Wildman–Crippen MR) is 63.1 cm³/mol. The lowest BCUT2D eigenvalue weighted by Crippen LogP contribution is -1.91. The second kappa shape index (κ2) is 4.61. The Kier molecular flexibility index (Phi) is 3.19. The van der Waals surface area contributed by atoms with Crippen LogP contribution in [0.4, 0.5) is 4.39 Å². The minimum absolute atomic E-state index is 0.308. The third-order valence-corrected chi connectivity index (χ3v) is 2.68. The van der Waals surface area contributed by atoms with Crippen LogP contribution in [0.15, 0.2) is 41.0 Å². The number of rotatable bonds is 2. The van der Waals surface area contributed by atoms with Crippen LogP contribution in [-0.2, 0) is 0 Å². The topological polar surface area (TPSA) is 22.1 Å². The molecule has 0 saturated carbocycles. The molecule has 2 nitrogen and oxygen atoms in total. The molecule has 0 fully saturated rings. The average molecular weight is 282 g/mol. The van der Waals surface area contributed by atoms with Gasteiger partial charge in [0.2, 0.25) is 5.88 Å². The second-order valence-corrected chi connectivity index (χ2v) is 4.16. The first-order chi connectivity index (χ1) is 7.66. The third-order valence-electron chi connectivity index (χ3n) is 2.06. The van der Waals surface area contributed by atoms with Crippen LogP contribution in [0, 0.1) is 12.7 Å². The van der Waals surface area contributed by atoms with Gasteiger partial charge in [-0.25, -0.2) is 9.37 Å². The van der Waals surface area contributed by atoms with Crippen LogP contribution in [0.5, 0.6) is 11.6 Å². The number of aromatic nitrogens is 1. The van der Waals surface area contributed by atoms with Crippen LogP contribution in [0.25, 0.3) is 0 Å². The number of hydrogen-bond donors (Lipinski definition) is 0. The van der Waals surface area contributed by atoms with Crippen molar-refractivity contribution < 1.29 is 9.13 Å². The van der Waals surface area contributed by atoms with Gasteiger partial charge < -0.3 is 4.74 Å². The highest BCUT2D eigenvalue weighted by molar-refractivity contribution is 9.10. The van der Waals surface area contributed by atoms with Crippen molar-refractivity contribution >= 4 is 15.9 Å². The molecule has 0 atom stereocenters. The Hall–Kier alpha value is -1.42. The number of aryl methyl sites for hydroxylation is 1. The summed E-state index contributed by atoms with van der Waals surface area (Å²) >= 11 is 3.24. The molecule has 1 aromatic carbocycles. The van der Waals surface area contributed by atoms with E-state index in [9.17, 15) is 4.39 Å². The van der Waals surface area contributed by atoms with Crippen molar-refractivity contribution in [2.45, 2.75) is 6.92 Å². The molecule has 0 aliphatic rings. The van der Waals surface area contributed by atoms with E-state index in [0.717, 1.165) is 5.56 Å². The zero-order chi connectivity index (χ0) is 11.5. The van der Waals surface area contributed by atoms with E-state index in [1.807, 2.05) is 19.1 Å². The summed E-state index contributed by atoms with van der Waals surface area (Å²) in [5.41, 5.74) is 0.929. The van der Waals surface area contributed by atoms with E-state index >= 15 is 0 Å². The Bertz CT molecular complexity index is 516. The van der Waals surface area contributed by atoms with Crippen molar-refractivity contribution in [2.75, 3.05) is 0 Å².